The smallest absolute Gasteiger partial charge is 0.262 e. The van der Waals surface area contributed by atoms with Crippen LogP contribution in [-0.4, -0.2) is 21.4 Å². The maximum Gasteiger partial charge on any atom is 0.262 e. The predicted octanol–water partition coefficient (Wildman–Crippen LogP) is 5.21. The van der Waals surface area contributed by atoms with Gasteiger partial charge in [0.05, 0.1) is 17.7 Å². The monoisotopic (exact) mass is 446 g/mol. The van der Waals surface area contributed by atoms with E-state index in [0.29, 0.717) is 28.0 Å². The summed E-state index contributed by atoms with van der Waals surface area (Å²) in [5.74, 6) is 0.0302. The van der Waals surface area contributed by atoms with Crippen LogP contribution in [0.25, 0.3) is 10.8 Å². The lowest BCUT2D eigenvalue weighted by atomic mass is 10.1. The molecule has 32 heavy (non-hydrogen) atoms. The molecule has 0 saturated carbocycles. The van der Waals surface area contributed by atoms with Crippen molar-refractivity contribution in [2.24, 2.45) is 0 Å². The predicted molar refractivity (Wildman–Crippen MR) is 127 cm³/mol. The lowest BCUT2D eigenvalue weighted by molar-refractivity contribution is 0.102. The Balaban J connectivity index is 1.67. The number of aryl methyl sites for hydroxylation is 1. The second kappa shape index (κ2) is 8.72. The van der Waals surface area contributed by atoms with Crippen LogP contribution in [0.5, 0.6) is 5.75 Å². The lowest BCUT2D eigenvalue weighted by Crippen LogP contribution is -2.16. The first-order valence-electron chi connectivity index (χ1n) is 9.94. The minimum Gasteiger partial charge on any atom is -0.494 e. The van der Waals surface area contributed by atoms with Crippen LogP contribution in [-0.2, 0) is 10.0 Å². The van der Waals surface area contributed by atoms with Crippen molar-refractivity contribution in [3.63, 3.8) is 0 Å². The maximum atomic E-state index is 13.2. The van der Waals surface area contributed by atoms with E-state index in [1.54, 1.807) is 67.6 Å². The molecule has 1 amide bonds. The molecule has 0 aliphatic rings. The number of benzene rings is 4. The molecular weight excluding hydrogens is 424 g/mol. The van der Waals surface area contributed by atoms with Crippen LogP contribution in [0.15, 0.2) is 89.8 Å². The number of anilines is 2. The van der Waals surface area contributed by atoms with E-state index in [-0.39, 0.29) is 16.5 Å². The highest BCUT2D eigenvalue weighted by Crippen LogP contribution is 2.34. The molecule has 162 valence electrons. The molecule has 4 aromatic rings. The van der Waals surface area contributed by atoms with Gasteiger partial charge in [-0.15, -0.1) is 0 Å². The van der Waals surface area contributed by atoms with E-state index in [1.807, 2.05) is 24.3 Å². The van der Waals surface area contributed by atoms with Crippen LogP contribution >= 0.6 is 0 Å². The van der Waals surface area contributed by atoms with Gasteiger partial charge in [0.15, 0.2) is 0 Å². The fourth-order valence-electron chi connectivity index (χ4n) is 3.49. The maximum absolute atomic E-state index is 13.2. The Morgan fingerprint density at radius 1 is 0.844 bits per heavy atom. The summed E-state index contributed by atoms with van der Waals surface area (Å²) in [6.45, 7) is 1.79. The van der Waals surface area contributed by atoms with Crippen LogP contribution in [0.3, 0.4) is 0 Å². The molecule has 4 rings (SSSR count). The minimum atomic E-state index is -3.89. The fraction of sp³-hybridized carbons (Fsp3) is 0.0800. The van der Waals surface area contributed by atoms with Gasteiger partial charge in [-0.3, -0.25) is 9.52 Å². The molecular formula is C25H22N2O4S. The van der Waals surface area contributed by atoms with Gasteiger partial charge in [0.2, 0.25) is 0 Å². The average molecular weight is 447 g/mol. The third-order valence-corrected chi connectivity index (χ3v) is 6.54. The Bertz CT molecular complexity index is 1400. The molecule has 0 unspecified atom stereocenters. The van der Waals surface area contributed by atoms with Crippen molar-refractivity contribution in [1.82, 2.24) is 0 Å². The number of hydrogen-bond acceptors (Lipinski definition) is 4. The Morgan fingerprint density at radius 2 is 1.53 bits per heavy atom. The van der Waals surface area contributed by atoms with Crippen LogP contribution < -0.4 is 14.8 Å². The van der Waals surface area contributed by atoms with Gasteiger partial charge in [0, 0.05) is 22.7 Å². The van der Waals surface area contributed by atoms with Crippen molar-refractivity contribution in [3.8, 4) is 5.75 Å². The normalized spacial score (nSPS) is 11.2. The molecule has 4 aromatic carbocycles. The largest absolute Gasteiger partial charge is 0.494 e. The van der Waals surface area contributed by atoms with Gasteiger partial charge < -0.3 is 10.1 Å². The molecule has 0 fully saturated rings. The second-order valence-electron chi connectivity index (χ2n) is 7.27. The number of amides is 1. The summed E-state index contributed by atoms with van der Waals surface area (Å²) in [4.78, 5) is 12.7. The van der Waals surface area contributed by atoms with Gasteiger partial charge >= 0.3 is 0 Å². The Kier molecular flexibility index (Phi) is 5.83. The SMILES string of the molecule is COc1cc(NC(=O)c2ccccc2)c(C)cc1NS(=O)(=O)c1cccc2ccccc12. The number of sulfonamides is 1. The van der Waals surface area contributed by atoms with E-state index in [0.717, 1.165) is 5.39 Å². The third kappa shape index (κ3) is 4.29. The van der Waals surface area contributed by atoms with Gasteiger partial charge in [-0.2, -0.15) is 0 Å². The quantitative estimate of drug-likeness (QED) is 0.426. The topological polar surface area (TPSA) is 84.5 Å². The highest BCUT2D eigenvalue weighted by molar-refractivity contribution is 7.93. The fourth-order valence-corrected chi connectivity index (χ4v) is 4.78. The molecule has 0 heterocycles. The zero-order valence-electron chi connectivity index (χ0n) is 17.6. The first kappa shape index (κ1) is 21.4. The third-order valence-electron chi connectivity index (χ3n) is 5.11. The standard InChI is InChI=1S/C25H22N2O4S/c1-17-15-22(23(31-2)16-21(17)26-25(28)19-10-4-3-5-11-19)27-32(29,30)24-14-8-12-18-9-6-7-13-20(18)24/h3-16,27H,1-2H3,(H,26,28). The molecule has 2 N–H and O–H groups in total. The van der Waals surface area contributed by atoms with E-state index in [2.05, 4.69) is 10.0 Å². The minimum absolute atomic E-state index is 0.178. The molecule has 0 atom stereocenters. The molecule has 7 heteroatoms. The van der Waals surface area contributed by atoms with Crippen molar-refractivity contribution in [3.05, 3.63) is 96.1 Å². The van der Waals surface area contributed by atoms with Crippen LogP contribution in [0.2, 0.25) is 0 Å². The van der Waals surface area contributed by atoms with Crippen molar-refractivity contribution in [2.75, 3.05) is 17.1 Å². The number of ether oxygens (including phenoxy) is 1. The highest BCUT2D eigenvalue weighted by atomic mass is 32.2. The molecule has 6 nitrogen and oxygen atoms in total. The first-order valence-corrected chi connectivity index (χ1v) is 11.4. The number of carbonyl (C=O) groups excluding carboxylic acids is 1. The van der Waals surface area contributed by atoms with E-state index in [9.17, 15) is 13.2 Å². The van der Waals surface area contributed by atoms with Crippen molar-refractivity contribution in [1.29, 1.82) is 0 Å². The van der Waals surface area contributed by atoms with E-state index < -0.39 is 10.0 Å². The Labute approximate surface area is 186 Å². The molecule has 0 aromatic heterocycles. The van der Waals surface area contributed by atoms with E-state index in [1.165, 1.54) is 7.11 Å². The number of hydrogen-bond donors (Lipinski definition) is 2. The summed E-state index contributed by atoms with van der Waals surface area (Å²) in [5, 5.41) is 4.31. The molecule has 0 bridgehead atoms. The number of rotatable bonds is 6. The van der Waals surface area contributed by atoms with Gasteiger partial charge in [0.25, 0.3) is 15.9 Å². The van der Waals surface area contributed by atoms with E-state index >= 15 is 0 Å². The summed E-state index contributed by atoms with van der Waals surface area (Å²) in [6.07, 6.45) is 0. The van der Waals surface area contributed by atoms with Gasteiger partial charge in [-0.25, -0.2) is 8.42 Å². The lowest BCUT2D eigenvalue weighted by Gasteiger charge is -2.17. The molecule has 0 aliphatic carbocycles. The summed E-state index contributed by atoms with van der Waals surface area (Å²) in [7, 11) is -2.44. The highest BCUT2D eigenvalue weighted by Gasteiger charge is 2.20. The van der Waals surface area contributed by atoms with Crippen molar-refractivity contribution < 1.29 is 17.9 Å². The van der Waals surface area contributed by atoms with Crippen molar-refractivity contribution in [2.45, 2.75) is 11.8 Å². The first-order chi connectivity index (χ1) is 15.4. The number of nitrogens with one attached hydrogen (secondary N) is 2. The van der Waals surface area contributed by atoms with Crippen LogP contribution in [0, 0.1) is 6.92 Å². The Morgan fingerprint density at radius 3 is 2.28 bits per heavy atom. The van der Waals surface area contributed by atoms with Gasteiger partial charge in [0.1, 0.15) is 5.75 Å². The number of methoxy groups -OCH3 is 1. The molecule has 0 aliphatic heterocycles. The summed E-state index contributed by atoms with van der Waals surface area (Å²) in [6, 6.07) is 24.5. The van der Waals surface area contributed by atoms with Gasteiger partial charge in [-0.1, -0.05) is 54.6 Å². The Hall–Kier alpha value is -3.84. The molecule has 0 spiro atoms. The summed E-state index contributed by atoms with van der Waals surface area (Å²) < 4.78 is 34.5. The van der Waals surface area contributed by atoms with Crippen LogP contribution in [0.1, 0.15) is 15.9 Å². The zero-order valence-corrected chi connectivity index (χ0v) is 18.4. The molecule has 0 radical (unpaired) electrons. The van der Waals surface area contributed by atoms with E-state index in [4.69, 9.17) is 4.74 Å². The number of carbonyl (C=O) groups is 1. The summed E-state index contributed by atoms with van der Waals surface area (Å²) in [5.41, 5.74) is 2.02. The van der Waals surface area contributed by atoms with Crippen molar-refractivity contribution >= 4 is 38.1 Å². The summed E-state index contributed by atoms with van der Waals surface area (Å²) >= 11 is 0. The second-order valence-corrected chi connectivity index (χ2v) is 8.92. The van der Waals surface area contributed by atoms with Crippen LogP contribution in [0.4, 0.5) is 11.4 Å². The molecule has 0 saturated heterocycles. The zero-order chi connectivity index (χ0) is 22.7. The average Bonchev–Trinajstić information content (AvgIpc) is 2.80. The van der Waals surface area contributed by atoms with Gasteiger partial charge in [-0.05, 0) is 42.1 Å². The number of fused-ring (bicyclic) bond motifs is 1.